The molecule has 0 unspecified atom stereocenters. The number of benzene rings is 1. The standard InChI is InChI=1S/C31H33F3N6O/c1-38-12-2-3-28(38)25-6-4-24(19-36-25)30(29(41)37-26-20-39-13-8-21(26)9-14-39)10-15-40(16-11-30)27-7-5-23(31(32,33)34)17-22(27)18-35/h2-7,12,17,19,21,26H,8-11,13-16,20H2,1H3,(H,37,41)/t26-/m0/s1. The van der Waals surface area contributed by atoms with Gasteiger partial charge in [0.15, 0.2) is 0 Å². The Morgan fingerprint density at radius 3 is 2.41 bits per heavy atom. The second-order valence-corrected chi connectivity index (χ2v) is 11.6. The van der Waals surface area contributed by atoms with Crippen LogP contribution in [0.5, 0.6) is 0 Å². The van der Waals surface area contributed by atoms with E-state index in [4.69, 9.17) is 4.98 Å². The van der Waals surface area contributed by atoms with E-state index in [0.717, 1.165) is 61.6 Å². The molecule has 7 rings (SSSR count). The number of carbonyl (C=O) groups is 1. The minimum atomic E-state index is -4.52. The van der Waals surface area contributed by atoms with Crippen molar-refractivity contribution < 1.29 is 18.0 Å². The van der Waals surface area contributed by atoms with Gasteiger partial charge >= 0.3 is 6.18 Å². The normalized spacial score (nSPS) is 23.7. The van der Waals surface area contributed by atoms with Crippen LogP contribution in [0.25, 0.3) is 11.4 Å². The highest BCUT2D eigenvalue weighted by Gasteiger charge is 2.46. The van der Waals surface area contributed by atoms with Crippen LogP contribution >= 0.6 is 0 Å². The molecule has 0 spiro atoms. The van der Waals surface area contributed by atoms with Gasteiger partial charge < -0.3 is 19.7 Å². The highest BCUT2D eigenvalue weighted by atomic mass is 19.4. The van der Waals surface area contributed by atoms with Gasteiger partial charge in [0.1, 0.15) is 6.07 Å². The fraction of sp³-hybridized carbons (Fsp3) is 0.452. The molecule has 1 aromatic carbocycles. The highest BCUT2D eigenvalue weighted by Crippen LogP contribution is 2.40. The number of hydrogen-bond acceptors (Lipinski definition) is 5. The third-order valence-corrected chi connectivity index (χ3v) is 9.33. The molecule has 10 heteroatoms. The second-order valence-electron chi connectivity index (χ2n) is 11.6. The van der Waals surface area contributed by atoms with Crippen molar-refractivity contribution in [2.75, 3.05) is 37.6 Å². The number of amides is 1. The summed E-state index contributed by atoms with van der Waals surface area (Å²) in [6, 6.07) is 13.2. The molecule has 1 N–H and O–H groups in total. The third-order valence-electron chi connectivity index (χ3n) is 9.33. The Kier molecular flexibility index (Phi) is 7.02. The number of fused-ring (bicyclic) bond motifs is 3. The summed E-state index contributed by atoms with van der Waals surface area (Å²) < 4.78 is 41.8. The van der Waals surface area contributed by atoms with Crippen molar-refractivity contribution in [2.24, 2.45) is 13.0 Å². The second kappa shape index (κ2) is 10.5. The van der Waals surface area contributed by atoms with Crippen molar-refractivity contribution in [3.8, 4) is 17.5 Å². The van der Waals surface area contributed by atoms with Crippen LogP contribution in [0, 0.1) is 17.2 Å². The van der Waals surface area contributed by atoms with E-state index in [1.165, 1.54) is 6.07 Å². The Morgan fingerprint density at radius 1 is 1.10 bits per heavy atom. The number of aromatic nitrogens is 2. The fourth-order valence-corrected chi connectivity index (χ4v) is 6.84. The molecule has 2 aromatic heterocycles. The van der Waals surface area contributed by atoms with Crippen LogP contribution in [0.3, 0.4) is 0 Å². The van der Waals surface area contributed by atoms with Crippen LogP contribution in [0.4, 0.5) is 18.9 Å². The summed E-state index contributed by atoms with van der Waals surface area (Å²) in [5.41, 5.74) is 1.40. The van der Waals surface area contributed by atoms with Crippen LogP contribution in [-0.2, 0) is 23.4 Å². The van der Waals surface area contributed by atoms with Gasteiger partial charge in [-0.15, -0.1) is 0 Å². The molecule has 2 bridgehead atoms. The molecular weight excluding hydrogens is 529 g/mol. The molecular formula is C31H33F3N6O. The minimum absolute atomic E-state index is 0.0161. The summed E-state index contributed by atoms with van der Waals surface area (Å²) in [4.78, 5) is 23.3. The van der Waals surface area contributed by atoms with Crippen molar-refractivity contribution >= 4 is 11.6 Å². The maximum atomic E-state index is 14.2. The zero-order valence-corrected chi connectivity index (χ0v) is 23.0. The number of alkyl halides is 3. The van der Waals surface area contributed by atoms with Gasteiger partial charge in [-0.1, -0.05) is 6.07 Å². The van der Waals surface area contributed by atoms with Gasteiger partial charge in [0, 0.05) is 45.1 Å². The molecule has 1 atom stereocenters. The lowest BCUT2D eigenvalue weighted by Gasteiger charge is -2.47. The number of nitrogens with zero attached hydrogens (tertiary/aromatic N) is 5. The Hall–Kier alpha value is -3.84. The maximum absolute atomic E-state index is 14.2. The first-order valence-corrected chi connectivity index (χ1v) is 14.2. The van der Waals surface area contributed by atoms with E-state index in [-0.39, 0.29) is 17.5 Å². The summed E-state index contributed by atoms with van der Waals surface area (Å²) in [5, 5.41) is 13.0. The van der Waals surface area contributed by atoms with E-state index in [1.807, 2.05) is 53.0 Å². The van der Waals surface area contributed by atoms with E-state index in [2.05, 4.69) is 10.2 Å². The molecule has 0 saturated carbocycles. The first kappa shape index (κ1) is 27.3. The van der Waals surface area contributed by atoms with Crippen molar-refractivity contribution in [3.05, 3.63) is 71.5 Å². The van der Waals surface area contributed by atoms with Gasteiger partial charge in [-0.25, -0.2) is 0 Å². The first-order valence-electron chi connectivity index (χ1n) is 14.2. The highest BCUT2D eigenvalue weighted by molar-refractivity contribution is 5.89. The number of halogens is 3. The zero-order valence-electron chi connectivity index (χ0n) is 23.0. The van der Waals surface area contributed by atoms with E-state index in [1.54, 1.807) is 6.20 Å². The summed E-state index contributed by atoms with van der Waals surface area (Å²) in [5.74, 6) is 0.460. The molecule has 0 aliphatic carbocycles. The zero-order chi connectivity index (χ0) is 28.8. The smallest absolute Gasteiger partial charge is 0.370 e. The summed E-state index contributed by atoms with van der Waals surface area (Å²) >= 11 is 0. The van der Waals surface area contributed by atoms with Crippen molar-refractivity contribution in [1.29, 1.82) is 5.26 Å². The quantitative estimate of drug-likeness (QED) is 0.487. The monoisotopic (exact) mass is 562 g/mol. The van der Waals surface area contributed by atoms with E-state index >= 15 is 0 Å². The van der Waals surface area contributed by atoms with E-state index < -0.39 is 17.2 Å². The fourth-order valence-electron chi connectivity index (χ4n) is 6.84. The van der Waals surface area contributed by atoms with Crippen LogP contribution in [0.2, 0.25) is 0 Å². The number of nitriles is 1. The molecule has 4 fully saturated rings. The van der Waals surface area contributed by atoms with E-state index in [0.29, 0.717) is 37.5 Å². The molecule has 7 nitrogen and oxygen atoms in total. The SMILES string of the molecule is Cn1cccc1-c1ccc(C2(C(=O)N[C@H]3CN4CCC3CC4)CCN(c3ccc(C(F)(F)F)cc3C#N)CC2)cn1. The van der Waals surface area contributed by atoms with Gasteiger partial charge in [-0.2, -0.15) is 18.4 Å². The lowest BCUT2D eigenvalue weighted by atomic mass is 9.71. The number of pyridine rings is 1. The first-order chi connectivity index (χ1) is 19.7. The van der Waals surface area contributed by atoms with Gasteiger partial charge in [-0.05, 0) is 86.7 Å². The number of rotatable bonds is 5. The Labute approximate surface area is 237 Å². The lowest BCUT2D eigenvalue weighted by molar-refractivity contribution is -0.137. The van der Waals surface area contributed by atoms with Gasteiger partial charge in [0.05, 0.1) is 33.6 Å². The number of nitrogens with one attached hydrogen (secondary N) is 1. The number of aryl methyl sites for hydroxylation is 1. The Bertz CT molecular complexity index is 1460. The van der Waals surface area contributed by atoms with Crippen molar-refractivity contribution in [1.82, 2.24) is 19.8 Å². The molecule has 41 heavy (non-hydrogen) atoms. The van der Waals surface area contributed by atoms with E-state index in [9.17, 15) is 23.2 Å². The molecule has 4 aliphatic rings. The predicted octanol–water partition coefficient (Wildman–Crippen LogP) is 4.73. The van der Waals surface area contributed by atoms with Crippen LogP contribution < -0.4 is 10.2 Å². The van der Waals surface area contributed by atoms with Crippen LogP contribution in [0.15, 0.2) is 54.9 Å². The average Bonchev–Trinajstić information content (AvgIpc) is 3.42. The van der Waals surface area contributed by atoms with Gasteiger partial charge in [-0.3, -0.25) is 9.78 Å². The summed E-state index contributed by atoms with van der Waals surface area (Å²) in [6.45, 7) is 3.87. The molecule has 4 saturated heterocycles. The van der Waals surface area contributed by atoms with Crippen molar-refractivity contribution in [2.45, 2.75) is 43.3 Å². The molecule has 1 amide bonds. The molecule has 214 valence electrons. The summed E-state index contributed by atoms with van der Waals surface area (Å²) in [6.07, 6.45) is 2.32. The lowest BCUT2D eigenvalue weighted by Crippen LogP contribution is -2.61. The predicted molar refractivity (Wildman–Crippen MR) is 149 cm³/mol. The molecule has 4 aliphatic heterocycles. The molecule has 6 heterocycles. The van der Waals surface area contributed by atoms with Crippen LogP contribution in [0.1, 0.15) is 42.4 Å². The minimum Gasteiger partial charge on any atom is -0.370 e. The number of piperidine rings is 4. The number of hydrogen-bond donors (Lipinski definition) is 1. The topological polar surface area (TPSA) is 77.2 Å². The average molecular weight is 563 g/mol. The number of anilines is 1. The largest absolute Gasteiger partial charge is 0.416 e. The molecule has 3 aromatic rings. The van der Waals surface area contributed by atoms with Crippen LogP contribution in [-0.4, -0.2) is 59.1 Å². The Balaban J connectivity index is 1.28. The molecule has 0 radical (unpaired) electrons. The van der Waals surface area contributed by atoms with Gasteiger partial charge in [0.25, 0.3) is 0 Å². The number of carbonyl (C=O) groups excluding carboxylic acids is 1. The van der Waals surface area contributed by atoms with Gasteiger partial charge in [0.2, 0.25) is 5.91 Å². The summed E-state index contributed by atoms with van der Waals surface area (Å²) in [7, 11) is 1.96. The third kappa shape index (κ3) is 5.08. The maximum Gasteiger partial charge on any atom is 0.416 e. The Morgan fingerprint density at radius 2 is 1.85 bits per heavy atom. The van der Waals surface area contributed by atoms with Crippen molar-refractivity contribution in [3.63, 3.8) is 0 Å².